The fourth-order valence-corrected chi connectivity index (χ4v) is 3.23. The predicted octanol–water partition coefficient (Wildman–Crippen LogP) is 2.18. The lowest BCUT2D eigenvalue weighted by Gasteiger charge is -2.32. The van der Waals surface area contributed by atoms with Crippen LogP contribution in [0.5, 0.6) is 0 Å². The molecule has 0 saturated carbocycles. The second kappa shape index (κ2) is 5.90. The summed E-state index contributed by atoms with van der Waals surface area (Å²) in [5, 5.41) is 10.5. The molecular weight excluding hydrogens is 264 g/mol. The van der Waals surface area contributed by atoms with Gasteiger partial charge in [0.05, 0.1) is 0 Å². The van der Waals surface area contributed by atoms with Crippen molar-refractivity contribution in [3.63, 3.8) is 0 Å². The van der Waals surface area contributed by atoms with Crippen molar-refractivity contribution in [2.24, 2.45) is 5.92 Å². The van der Waals surface area contributed by atoms with Crippen LogP contribution in [0.3, 0.4) is 0 Å². The molecule has 0 spiro atoms. The smallest absolute Gasteiger partial charge is 0.242 e. The van der Waals surface area contributed by atoms with E-state index in [2.05, 4.69) is 22.8 Å². The maximum atomic E-state index is 12.5. The summed E-state index contributed by atoms with van der Waals surface area (Å²) < 4.78 is 2.08. The van der Waals surface area contributed by atoms with Crippen molar-refractivity contribution >= 4 is 16.8 Å². The first-order valence-electron chi connectivity index (χ1n) is 7.62. The number of hydrogen-bond acceptors (Lipinski definition) is 2. The Labute approximate surface area is 125 Å². The highest BCUT2D eigenvalue weighted by Crippen LogP contribution is 2.21. The Morgan fingerprint density at radius 3 is 3.00 bits per heavy atom. The Bertz CT molecular complexity index is 647. The molecule has 1 aromatic carbocycles. The van der Waals surface area contributed by atoms with Crippen LogP contribution in [0.15, 0.2) is 30.3 Å². The van der Waals surface area contributed by atoms with Crippen LogP contribution in [-0.4, -0.2) is 40.2 Å². The van der Waals surface area contributed by atoms with Gasteiger partial charge in [-0.05, 0) is 43.2 Å². The molecule has 21 heavy (non-hydrogen) atoms. The number of hydrogen-bond donors (Lipinski definition) is 1. The maximum absolute atomic E-state index is 12.5. The lowest BCUT2D eigenvalue weighted by molar-refractivity contribution is -0.133. The highest BCUT2D eigenvalue weighted by molar-refractivity contribution is 5.84. The topological polar surface area (TPSA) is 45.5 Å². The standard InChI is InChI=1S/C17H22N2O2/c1-13-9-15-6-2-3-7-16(15)19(13)11-17(21)18-8-4-5-14(10-18)12-20/h2-3,6-7,9,14,20H,4-5,8,10-12H2,1H3. The molecule has 4 heteroatoms. The Morgan fingerprint density at radius 1 is 1.38 bits per heavy atom. The number of likely N-dealkylation sites (tertiary alicyclic amines) is 1. The van der Waals surface area contributed by atoms with E-state index in [4.69, 9.17) is 0 Å². The van der Waals surface area contributed by atoms with E-state index in [1.54, 1.807) is 0 Å². The molecule has 112 valence electrons. The summed E-state index contributed by atoms with van der Waals surface area (Å²) in [5.41, 5.74) is 2.22. The van der Waals surface area contributed by atoms with Gasteiger partial charge in [-0.3, -0.25) is 4.79 Å². The first-order valence-corrected chi connectivity index (χ1v) is 7.62. The number of carbonyl (C=O) groups excluding carboxylic acids is 1. The van der Waals surface area contributed by atoms with Crippen LogP contribution in [0.2, 0.25) is 0 Å². The number of para-hydroxylation sites is 1. The van der Waals surface area contributed by atoms with Crippen molar-refractivity contribution in [3.8, 4) is 0 Å². The number of aliphatic hydroxyl groups excluding tert-OH is 1. The average molecular weight is 286 g/mol. The number of piperidine rings is 1. The fourth-order valence-electron chi connectivity index (χ4n) is 3.23. The van der Waals surface area contributed by atoms with Gasteiger partial charge >= 0.3 is 0 Å². The van der Waals surface area contributed by atoms with E-state index in [1.807, 2.05) is 24.0 Å². The molecule has 1 aliphatic heterocycles. The van der Waals surface area contributed by atoms with Gasteiger partial charge in [-0.25, -0.2) is 0 Å². The molecule has 2 aromatic rings. The molecule has 1 aliphatic rings. The third kappa shape index (κ3) is 2.81. The number of rotatable bonds is 3. The summed E-state index contributed by atoms with van der Waals surface area (Å²) in [5.74, 6) is 0.391. The lowest BCUT2D eigenvalue weighted by Crippen LogP contribution is -2.42. The minimum atomic E-state index is 0.151. The number of fused-ring (bicyclic) bond motifs is 1. The Morgan fingerprint density at radius 2 is 2.19 bits per heavy atom. The molecule has 0 aliphatic carbocycles. The quantitative estimate of drug-likeness (QED) is 0.940. The van der Waals surface area contributed by atoms with Crippen LogP contribution in [0.1, 0.15) is 18.5 Å². The first kappa shape index (κ1) is 14.1. The summed E-state index contributed by atoms with van der Waals surface area (Å²) >= 11 is 0. The van der Waals surface area contributed by atoms with Gasteiger partial charge in [-0.15, -0.1) is 0 Å². The predicted molar refractivity (Wildman–Crippen MR) is 83.1 cm³/mol. The Kier molecular flexibility index (Phi) is 3.97. The summed E-state index contributed by atoms with van der Waals surface area (Å²) in [6, 6.07) is 10.3. The van der Waals surface area contributed by atoms with E-state index in [-0.39, 0.29) is 18.4 Å². The molecule has 1 aromatic heterocycles. The van der Waals surface area contributed by atoms with Crippen LogP contribution in [0, 0.1) is 12.8 Å². The van der Waals surface area contributed by atoms with E-state index in [0.29, 0.717) is 13.1 Å². The van der Waals surface area contributed by atoms with E-state index >= 15 is 0 Å². The Balaban J connectivity index is 1.78. The molecule has 0 bridgehead atoms. The van der Waals surface area contributed by atoms with Crippen LogP contribution in [0.4, 0.5) is 0 Å². The Hall–Kier alpha value is -1.81. The van der Waals surface area contributed by atoms with Crippen molar-refractivity contribution < 1.29 is 9.90 Å². The van der Waals surface area contributed by atoms with Gasteiger partial charge in [0.2, 0.25) is 5.91 Å². The summed E-state index contributed by atoms with van der Waals surface area (Å²) in [6.45, 7) is 4.11. The molecule has 2 heterocycles. The molecule has 1 unspecified atom stereocenters. The molecule has 4 nitrogen and oxygen atoms in total. The number of aliphatic hydroxyl groups is 1. The highest BCUT2D eigenvalue weighted by Gasteiger charge is 2.23. The number of amides is 1. The highest BCUT2D eigenvalue weighted by atomic mass is 16.3. The zero-order valence-corrected chi connectivity index (χ0v) is 12.5. The van der Waals surface area contributed by atoms with Gasteiger partial charge < -0.3 is 14.6 Å². The first-order chi connectivity index (χ1) is 10.2. The third-order valence-electron chi connectivity index (χ3n) is 4.44. The molecule has 1 amide bonds. The number of carbonyl (C=O) groups is 1. The van der Waals surface area contributed by atoms with Crippen LogP contribution < -0.4 is 0 Å². The van der Waals surface area contributed by atoms with Gasteiger partial charge in [0.25, 0.3) is 0 Å². The van der Waals surface area contributed by atoms with Gasteiger partial charge in [0.15, 0.2) is 0 Å². The van der Waals surface area contributed by atoms with Gasteiger partial charge in [-0.1, -0.05) is 18.2 Å². The average Bonchev–Trinajstić information content (AvgIpc) is 2.83. The molecule has 1 fully saturated rings. The number of aromatic nitrogens is 1. The normalized spacial score (nSPS) is 19.1. The van der Waals surface area contributed by atoms with Crippen molar-refractivity contribution in [3.05, 3.63) is 36.0 Å². The molecule has 1 saturated heterocycles. The summed E-state index contributed by atoms with van der Waals surface area (Å²) in [4.78, 5) is 14.4. The molecular formula is C17H22N2O2. The van der Waals surface area contributed by atoms with Gasteiger partial charge in [-0.2, -0.15) is 0 Å². The van der Waals surface area contributed by atoms with Crippen molar-refractivity contribution in [2.45, 2.75) is 26.3 Å². The van der Waals surface area contributed by atoms with E-state index in [1.165, 1.54) is 5.39 Å². The zero-order valence-electron chi connectivity index (χ0n) is 12.5. The van der Waals surface area contributed by atoms with Crippen LogP contribution in [-0.2, 0) is 11.3 Å². The van der Waals surface area contributed by atoms with Crippen LogP contribution >= 0.6 is 0 Å². The molecule has 0 radical (unpaired) electrons. The minimum Gasteiger partial charge on any atom is -0.396 e. The number of benzene rings is 1. The second-order valence-electron chi connectivity index (χ2n) is 5.96. The monoisotopic (exact) mass is 286 g/mol. The maximum Gasteiger partial charge on any atom is 0.242 e. The fraction of sp³-hybridized carbons (Fsp3) is 0.471. The van der Waals surface area contributed by atoms with Crippen molar-refractivity contribution in [1.82, 2.24) is 9.47 Å². The van der Waals surface area contributed by atoms with E-state index in [9.17, 15) is 9.90 Å². The molecule has 1 atom stereocenters. The zero-order chi connectivity index (χ0) is 14.8. The van der Waals surface area contributed by atoms with Crippen molar-refractivity contribution in [1.29, 1.82) is 0 Å². The number of nitrogens with zero attached hydrogens (tertiary/aromatic N) is 2. The second-order valence-corrected chi connectivity index (χ2v) is 5.96. The van der Waals surface area contributed by atoms with E-state index in [0.717, 1.165) is 30.6 Å². The van der Waals surface area contributed by atoms with Gasteiger partial charge in [0, 0.05) is 30.9 Å². The number of aryl methyl sites for hydroxylation is 1. The third-order valence-corrected chi connectivity index (χ3v) is 4.44. The molecule has 3 rings (SSSR count). The van der Waals surface area contributed by atoms with Gasteiger partial charge in [0.1, 0.15) is 6.54 Å². The largest absolute Gasteiger partial charge is 0.396 e. The molecule has 1 N–H and O–H groups in total. The summed E-state index contributed by atoms with van der Waals surface area (Å²) in [7, 11) is 0. The minimum absolute atomic E-state index is 0.151. The lowest BCUT2D eigenvalue weighted by atomic mass is 9.99. The van der Waals surface area contributed by atoms with E-state index < -0.39 is 0 Å². The SMILES string of the molecule is Cc1cc2ccccc2n1CC(=O)N1CCCC(CO)C1. The summed E-state index contributed by atoms with van der Waals surface area (Å²) in [6.07, 6.45) is 2.01. The van der Waals surface area contributed by atoms with Crippen LogP contribution in [0.25, 0.3) is 10.9 Å². The van der Waals surface area contributed by atoms with Crippen molar-refractivity contribution in [2.75, 3.05) is 19.7 Å².